The highest BCUT2D eigenvalue weighted by Crippen LogP contribution is 2.50. The highest BCUT2D eigenvalue weighted by molar-refractivity contribution is 6.02. The largest absolute Gasteiger partial charge is 0.398 e. The third-order valence-corrected chi connectivity index (χ3v) is 8.11. The van der Waals surface area contributed by atoms with Gasteiger partial charge in [-0.2, -0.15) is 0 Å². The summed E-state index contributed by atoms with van der Waals surface area (Å²) in [6.45, 7) is 0. The molecule has 0 saturated heterocycles. The average molecular weight is 441 g/mol. The van der Waals surface area contributed by atoms with Gasteiger partial charge >= 0.3 is 0 Å². The average Bonchev–Trinajstić information content (AvgIpc) is 3.42. The summed E-state index contributed by atoms with van der Waals surface area (Å²) in [5, 5.41) is 0. The van der Waals surface area contributed by atoms with Crippen LogP contribution < -0.4 is 11.5 Å². The van der Waals surface area contributed by atoms with E-state index < -0.39 is 0 Å². The van der Waals surface area contributed by atoms with Crippen molar-refractivity contribution in [2.75, 3.05) is 11.5 Å². The van der Waals surface area contributed by atoms with E-state index in [1.807, 2.05) is 0 Å². The maximum absolute atomic E-state index is 6.75. The molecule has 4 aromatic rings. The number of fused-ring (bicyclic) bond motifs is 6. The fourth-order valence-electron chi connectivity index (χ4n) is 6.63. The second-order valence-corrected chi connectivity index (χ2v) is 9.94. The van der Waals surface area contributed by atoms with Gasteiger partial charge in [0.1, 0.15) is 0 Å². The molecule has 166 valence electrons. The van der Waals surface area contributed by atoms with Crippen LogP contribution >= 0.6 is 0 Å². The lowest BCUT2D eigenvalue weighted by atomic mass is 9.79. The van der Waals surface area contributed by atoms with Gasteiger partial charge in [-0.3, -0.25) is 0 Å². The van der Waals surface area contributed by atoms with E-state index in [9.17, 15) is 0 Å². The molecule has 0 radical (unpaired) electrons. The number of hydrogen-bond acceptors (Lipinski definition) is 2. The highest BCUT2D eigenvalue weighted by Gasteiger charge is 2.30. The monoisotopic (exact) mass is 440 g/mol. The van der Waals surface area contributed by atoms with Gasteiger partial charge in [-0.05, 0) is 106 Å². The quantitative estimate of drug-likeness (QED) is 0.274. The number of allylic oxidation sites excluding steroid dienone is 2. The van der Waals surface area contributed by atoms with Crippen LogP contribution in [0.1, 0.15) is 59.1 Å². The van der Waals surface area contributed by atoms with Crippen molar-refractivity contribution in [2.24, 2.45) is 0 Å². The molecular formula is C32H28N2. The van der Waals surface area contributed by atoms with Crippen molar-refractivity contribution in [3.05, 3.63) is 106 Å². The molecule has 0 heterocycles. The summed E-state index contributed by atoms with van der Waals surface area (Å²) in [4.78, 5) is 0. The number of benzene rings is 4. The molecule has 0 aromatic heterocycles. The Kier molecular flexibility index (Phi) is 4.26. The first-order valence-corrected chi connectivity index (χ1v) is 12.4. The Bertz CT molecular complexity index is 1410. The Morgan fingerprint density at radius 1 is 0.471 bits per heavy atom. The van der Waals surface area contributed by atoms with Gasteiger partial charge < -0.3 is 11.5 Å². The Morgan fingerprint density at radius 3 is 1.38 bits per heavy atom. The van der Waals surface area contributed by atoms with E-state index in [2.05, 4.69) is 72.8 Å². The first-order chi connectivity index (χ1) is 16.7. The predicted molar refractivity (Wildman–Crippen MR) is 143 cm³/mol. The van der Waals surface area contributed by atoms with Gasteiger partial charge in [-0.1, -0.05) is 60.7 Å². The molecule has 4 aromatic carbocycles. The summed E-state index contributed by atoms with van der Waals surface area (Å²) in [5.74, 6) is 0. The first-order valence-electron chi connectivity index (χ1n) is 12.4. The molecule has 0 atom stereocenters. The van der Waals surface area contributed by atoms with Crippen molar-refractivity contribution < 1.29 is 0 Å². The van der Waals surface area contributed by atoms with Gasteiger partial charge in [-0.25, -0.2) is 0 Å². The molecule has 3 aliphatic rings. The molecule has 0 spiro atoms. The van der Waals surface area contributed by atoms with Crippen LogP contribution in [-0.2, 0) is 12.8 Å². The third-order valence-electron chi connectivity index (χ3n) is 8.11. The van der Waals surface area contributed by atoms with Crippen LogP contribution in [0.5, 0.6) is 0 Å². The summed E-state index contributed by atoms with van der Waals surface area (Å²) in [5.41, 5.74) is 31.7. The number of nitrogen functional groups attached to an aromatic ring is 2. The summed E-state index contributed by atoms with van der Waals surface area (Å²) in [6, 6.07) is 26.2. The molecule has 2 heteroatoms. The molecule has 0 fully saturated rings. The topological polar surface area (TPSA) is 52.0 Å². The van der Waals surface area contributed by atoms with Gasteiger partial charge in [0.2, 0.25) is 0 Å². The Labute approximate surface area is 200 Å². The van der Waals surface area contributed by atoms with Crippen molar-refractivity contribution in [2.45, 2.75) is 38.5 Å². The van der Waals surface area contributed by atoms with Gasteiger partial charge in [0.25, 0.3) is 0 Å². The highest BCUT2D eigenvalue weighted by atomic mass is 14.6. The summed E-state index contributed by atoms with van der Waals surface area (Å²) in [7, 11) is 0. The van der Waals surface area contributed by atoms with Crippen LogP contribution in [0.3, 0.4) is 0 Å². The molecule has 4 N–H and O–H groups in total. The lowest BCUT2D eigenvalue weighted by Crippen LogP contribution is -2.08. The predicted octanol–water partition coefficient (Wildman–Crippen LogP) is 7.48. The van der Waals surface area contributed by atoms with Crippen molar-refractivity contribution >= 4 is 22.5 Å². The fourth-order valence-corrected chi connectivity index (χ4v) is 6.63. The van der Waals surface area contributed by atoms with Crippen molar-refractivity contribution in [1.29, 1.82) is 0 Å². The van der Waals surface area contributed by atoms with E-state index in [4.69, 9.17) is 11.5 Å². The summed E-state index contributed by atoms with van der Waals surface area (Å²) in [6.07, 6.45) is 6.42. The first kappa shape index (κ1) is 19.7. The second kappa shape index (κ2) is 7.36. The molecule has 0 saturated carbocycles. The van der Waals surface area contributed by atoms with Gasteiger partial charge in [0.05, 0.1) is 0 Å². The fraction of sp³-hybridized carbons (Fsp3) is 0.188. The molecule has 0 amide bonds. The molecular weight excluding hydrogens is 412 g/mol. The van der Waals surface area contributed by atoms with Gasteiger partial charge in [-0.15, -0.1) is 0 Å². The van der Waals surface area contributed by atoms with Crippen LogP contribution in [0.15, 0.2) is 72.8 Å². The normalized spacial score (nSPS) is 15.6. The molecule has 7 rings (SSSR count). The van der Waals surface area contributed by atoms with Crippen molar-refractivity contribution in [1.82, 2.24) is 0 Å². The minimum Gasteiger partial charge on any atom is -0.398 e. The second-order valence-electron chi connectivity index (χ2n) is 9.94. The molecule has 2 nitrogen and oxygen atoms in total. The molecule has 34 heavy (non-hydrogen) atoms. The Morgan fingerprint density at radius 2 is 0.912 bits per heavy atom. The molecule has 0 bridgehead atoms. The standard InChI is InChI=1S/C32H28N2/c33-29-15-13-23-21-9-3-1-7-19(21)17-27(23)31(29)25-11-5-6-12-26(25)32-28-18-20-8-2-4-10-22(20)24(28)14-16-30(32)34/h1-4,7-10,13-16H,5-6,11-12,17-18,33-34H2. The minimum atomic E-state index is 0.899. The van der Waals surface area contributed by atoms with E-state index in [1.54, 1.807) is 0 Å². The van der Waals surface area contributed by atoms with E-state index in [-0.39, 0.29) is 0 Å². The Hall–Kier alpha value is -3.78. The molecule has 0 unspecified atom stereocenters. The van der Waals surface area contributed by atoms with E-state index in [1.165, 1.54) is 79.6 Å². The zero-order valence-corrected chi connectivity index (χ0v) is 19.3. The van der Waals surface area contributed by atoms with Crippen molar-refractivity contribution in [3.63, 3.8) is 0 Å². The van der Waals surface area contributed by atoms with E-state index in [0.717, 1.165) is 37.1 Å². The van der Waals surface area contributed by atoms with E-state index in [0.29, 0.717) is 0 Å². The van der Waals surface area contributed by atoms with Crippen LogP contribution in [0.25, 0.3) is 33.4 Å². The van der Waals surface area contributed by atoms with Crippen LogP contribution in [0, 0.1) is 0 Å². The minimum absolute atomic E-state index is 0.899. The Balaban J connectivity index is 1.48. The van der Waals surface area contributed by atoms with Crippen LogP contribution in [0.2, 0.25) is 0 Å². The SMILES string of the molecule is Nc1ccc2c(c1C1=C(c3c(N)ccc4c3Cc3ccccc3-4)CCCC1)Cc1ccccc1-2. The lowest BCUT2D eigenvalue weighted by molar-refractivity contribution is 0.752. The van der Waals surface area contributed by atoms with Gasteiger partial charge in [0, 0.05) is 22.5 Å². The third kappa shape index (κ3) is 2.75. The van der Waals surface area contributed by atoms with Crippen LogP contribution in [-0.4, -0.2) is 0 Å². The van der Waals surface area contributed by atoms with Gasteiger partial charge in [0.15, 0.2) is 0 Å². The zero-order chi connectivity index (χ0) is 22.8. The summed E-state index contributed by atoms with van der Waals surface area (Å²) < 4.78 is 0. The van der Waals surface area contributed by atoms with Crippen LogP contribution in [0.4, 0.5) is 11.4 Å². The zero-order valence-electron chi connectivity index (χ0n) is 19.3. The number of nitrogens with two attached hydrogens (primary N) is 2. The summed E-state index contributed by atoms with van der Waals surface area (Å²) >= 11 is 0. The maximum Gasteiger partial charge on any atom is 0.0393 e. The number of anilines is 2. The maximum atomic E-state index is 6.75. The smallest absolute Gasteiger partial charge is 0.0393 e. The molecule has 0 aliphatic heterocycles. The van der Waals surface area contributed by atoms with E-state index >= 15 is 0 Å². The number of rotatable bonds is 2. The lowest BCUT2D eigenvalue weighted by Gasteiger charge is -2.26. The molecule has 3 aliphatic carbocycles. The van der Waals surface area contributed by atoms with Crippen molar-refractivity contribution in [3.8, 4) is 22.3 Å². The number of hydrogen-bond donors (Lipinski definition) is 2.